The molecule has 25 heavy (non-hydrogen) atoms. The molecular formula is C18H20N2O3S2. The maximum atomic E-state index is 12.5. The monoisotopic (exact) mass is 376 g/mol. The van der Waals surface area contributed by atoms with E-state index in [2.05, 4.69) is 5.32 Å². The molecule has 132 valence electrons. The van der Waals surface area contributed by atoms with Crippen molar-refractivity contribution in [3.05, 3.63) is 59.7 Å². The highest BCUT2D eigenvalue weighted by molar-refractivity contribution is 8.01. The van der Waals surface area contributed by atoms with Gasteiger partial charge in [0.2, 0.25) is 15.9 Å². The number of sulfonamides is 1. The molecule has 1 aliphatic heterocycles. The van der Waals surface area contributed by atoms with Gasteiger partial charge in [-0.1, -0.05) is 36.4 Å². The van der Waals surface area contributed by atoms with E-state index in [0.29, 0.717) is 12.0 Å². The third-order valence-corrected chi connectivity index (χ3v) is 7.36. The van der Waals surface area contributed by atoms with Crippen molar-refractivity contribution in [1.29, 1.82) is 0 Å². The van der Waals surface area contributed by atoms with Crippen LogP contribution in [0, 0.1) is 0 Å². The van der Waals surface area contributed by atoms with Crippen LogP contribution in [-0.4, -0.2) is 38.0 Å². The van der Waals surface area contributed by atoms with Crippen molar-refractivity contribution in [2.24, 2.45) is 0 Å². The molecule has 0 radical (unpaired) electrons. The Balaban J connectivity index is 1.70. The summed E-state index contributed by atoms with van der Waals surface area (Å²) in [7, 11) is -0.547. The largest absolute Gasteiger partial charge is 0.351 e. The van der Waals surface area contributed by atoms with Crippen molar-refractivity contribution in [2.45, 2.75) is 28.0 Å². The normalized spacial score (nSPS) is 16.7. The Bertz CT molecular complexity index is 870. The molecule has 2 aromatic rings. The Morgan fingerprint density at radius 3 is 2.56 bits per heavy atom. The van der Waals surface area contributed by atoms with Crippen molar-refractivity contribution in [1.82, 2.24) is 9.62 Å². The average molecular weight is 377 g/mol. The average Bonchev–Trinajstić information content (AvgIpc) is 3.04. The topological polar surface area (TPSA) is 66.5 Å². The fourth-order valence-electron chi connectivity index (χ4n) is 2.72. The molecule has 5 nitrogen and oxygen atoms in total. The van der Waals surface area contributed by atoms with Gasteiger partial charge < -0.3 is 5.32 Å². The Labute approximate surface area is 152 Å². The number of hydrogen-bond donors (Lipinski definition) is 1. The van der Waals surface area contributed by atoms with Gasteiger partial charge >= 0.3 is 0 Å². The number of rotatable bonds is 5. The zero-order valence-corrected chi connectivity index (χ0v) is 15.7. The second-order valence-electron chi connectivity index (χ2n) is 6.03. The van der Waals surface area contributed by atoms with E-state index in [4.69, 9.17) is 0 Å². The minimum atomic E-state index is -3.54. The molecule has 2 aromatic carbocycles. The fraction of sp³-hybridized carbons (Fsp3) is 0.278. The van der Waals surface area contributed by atoms with Gasteiger partial charge in [-0.05, 0) is 29.7 Å². The lowest BCUT2D eigenvalue weighted by Gasteiger charge is -2.16. The molecule has 7 heteroatoms. The van der Waals surface area contributed by atoms with Gasteiger partial charge in [-0.2, -0.15) is 0 Å². The summed E-state index contributed by atoms with van der Waals surface area (Å²) >= 11 is 1.56. The quantitative estimate of drug-likeness (QED) is 0.869. The summed E-state index contributed by atoms with van der Waals surface area (Å²) in [5.41, 5.74) is 1.77. The van der Waals surface area contributed by atoms with E-state index >= 15 is 0 Å². The Morgan fingerprint density at radius 2 is 1.84 bits per heavy atom. The maximum Gasteiger partial charge on any atom is 0.242 e. The first-order valence-electron chi connectivity index (χ1n) is 7.92. The smallest absolute Gasteiger partial charge is 0.242 e. The summed E-state index contributed by atoms with van der Waals surface area (Å²) in [5.74, 6) is -0.0711. The first-order chi connectivity index (χ1) is 11.9. The molecule has 0 fully saturated rings. The van der Waals surface area contributed by atoms with Crippen molar-refractivity contribution in [3.8, 4) is 0 Å². The molecular weight excluding hydrogens is 356 g/mol. The summed E-state index contributed by atoms with van der Waals surface area (Å²) < 4.78 is 26.0. The molecule has 3 rings (SSSR count). The summed E-state index contributed by atoms with van der Waals surface area (Å²) in [5, 5.41) is 2.71. The minimum Gasteiger partial charge on any atom is -0.351 e. The first kappa shape index (κ1) is 18.0. The molecule has 1 aliphatic rings. The molecule has 0 bridgehead atoms. The van der Waals surface area contributed by atoms with Gasteiger partial charge in [0.15, 0.2) is 0 Å². The zero-order chi connectivity index (χ0) is 18.0. The molecule has 1 unspecified atom stereocenters. The predicted octanol–water partition coefficient (Wildman–Crippen LogP) is 2.27. The van der Waals surface area contributed by atoms with E-state index in [9.17, 15) is 13.2 Å². The number of amides is 1. The highest BCUT2D eigenvalue weighted by Crippen LogP contribution is 2.36. The van der Waals surface area contributed by atoms with Crippen LogP contribution in [0.1, 0.15) is 11.1 Å². The molecule has 0 aliphatic carbocycles. The van der Waals surface area contributed by atoms with E-state index < -0.39 is 10.0 Å². The number of carbonyl (C=O) groups is 1. The third-order valence-electron chi connectivity index (χ3n) is 4.12. The molecule has 1 N–H and O–H groups in total. The van der Waals surface area contributed by atoms with Crippen LogP contribution in [0.2, 0.25) is 0 Å². The second-order valence-corrected chi connectivity index (χ2v) is 9.40. The number of carbonyl (C=O) groups excluding carboxylic acids is 1. The first-order valence-corrected chi connectivity index (χ1v) is 10.2. The summed E-state index contributed by atoms with van der Waals surface area (Å²) in [6.45, 7) is 0.190. The lowest BCUT2D eigenvalue weighted by atomic mass is 10.1. The number of nitrogens with one attached hydrogen (secondary N) is 1. The standard InChI is InChI=1S/C18H20N2O3S2/c1-20(2)25(22,23)17-10-6-4-8-14(17)12-19-18(21)16-11-13-7-3-5-9-15(13)24-16/h3-10,16H,11-12H2,1-2H3,(H,19,21). The van der Waals surface area contributed by atoms with Crippen LogP contribution in [0.5, 0.6) is 0 Å². The third kappa shape index (κ3) is 3.73. The lowest BCUT2D eigenvalue weighted by Crippen LogP contribution is -2.33. The molecule has 0 spiro atoms. The van der Waals surface area contributed by atoms with E-state index in [1.54, 1.807) is 36.0 Å². The van der Waals surface area contributed by atoms with Crippen LogP contribution in [0.15, 0.2) is 58.3 Å². The predicted molar refractivity (Wildman–Crippen MR) is 99.0 cm³/mol. The van der Waals surface area contributed by atoms with Gasteiger partial charge in [0.1, 0.15) is 0 Å². The Morgan fingerprint density at radius 1 is 1.16 bits per heavy atom. The van der Waals surface area contributed by atoms with Crippen molar-refractivity contribution >= 4 is 27.7 Å². The number of nitrogens with zero attached hydrogens (tertiary/aromatic N) is 1. The summed E-state index contributed by atoms with van der Waals surface area (Å²) in [6.07, 6.45) is 0.699. The second kappa shape index (κ2) is 7.19. The van der Waals surface area contributed by atoms with E-state index in [1.807, 2.05) is 24.3 Å². The van der Waals surface area contributed by atoms with Gasteiger partial charge in [0.05, 0.1) is 10.1 Å². The number of hydrogen-bond acceptors (Lipinski definition) is 4. The minimum absolute atomic E-state index is 0.0711. The molecule has 1 amide bonds. The molecule has 0 aromatic heterocycles. The lowest BCUT2D eigenvalue weighted by molar-refractivity contribution is -0.120. The van der Waals surface area contributed by atoms with Crippen LogP contribution in [0.4, 0.5) is 0 Å². The Kier molecular flexibility index (Phi) is 5.17. The molecule has 0 saturated carbocycles. The highest BCUT2D eigenvalue weighted by atomic mass is 32.2. The van der Waals surface area contributed by atoms with Gasteiger partial charge in [-0.3, -0.25) is 4.79 Å². The molecule has 0 saturated heterocycles. The summed E-state index contributed by atoms with van der Waals surface area (Å²) in [6, 6.07) is 14.8. The fourth-order valence-corrected chi connectivity index (χ4v) is 5.06. The molecule has 1 atom stereocenters. The number of benzene rings is 2. The maximum absolute atomic E-state index is 12.5. The highest BCUT2D eigenvalue weighted by Gasteiger charge is 2.28. The van der Waals surface area contributed by atoms with Crippen molar-refractivity contribution < 1.29 is 13.2 Å². The van der Waals surface area contributed by atoms with Crippen molar-refractivity contribution in [3.63, 3.8) is 0 Å². The van der Waals surface area contributed by atoms with Crippen LogP contribution in [-0.2, 0) is 27.8 Å². The van der Waals surface area contributed by atoms with Crippen LogP contribution in [0.25, 0.3) is 0 Å². The van der Waals surface area contributed by atoms with Crippen LogP contribution in [0.3, 0.4) is 0 Å². The van der Waals surface area contributed by atoms with Crippen LogP contribution < -0.4 is 5.32 Å². The van der Waals surface area contributed by atoms with E-state index in [-0.39, 0.29) is 22.6 Å². The molecule has 1 heterocycles. The van der Waals surface area contributed by atoms with Gasteiger partial charge in [0, 0.05) is 25.5 Å². The van der Waals surface area contributed by atoms with Crippen LogP contribution >= 0.6 is 11.8 Å². The SMILES string of the molecule is CN(C)S(=O)(=O)c1ccccc1CNC(=O)C1Cc2ccccc2S1. The van der Waals surface area contributed by atoms with E-state index in [0.717, 1.165) is 4.90 Å². The van der Waals surface area contributed by atoms with Crippen molar-refractivity contribution in [2.75, 3.05) is 14.1 Å². The zero-order valence-electron chi connectivity index (χ0n) is 14.1. The number of fused-ring (bicyclic) bond motifs is 1. The van der Waals surface area contributed by atoms with Gasteiger partial charge in [0.25, 0.3) is 0 Å². The number of thioether (sulfide) groups is 1. The van der Waals surface area contributed by atoms with E-state index in [1.165, 1.54) is 24.0 Å². The van der Waals surface area contributed by atoms with Gasteiger partial charge in [-0.15, -0.1) is 11.8 Å². The Hall–Kier alpha value is -1.83. The van der Waals surface area contributed by atoms with Gasteiger partial charge in [-0.25, -0.2) is 12.7 Å². The summed E-state index contributed by atoms with van der Waals surface area (Å²) in [4.78, 5) is 13.9.